The molecule has 132 valence electrons. The van der Waals surface area contributed by atoms with Crippen molar-refractivity contribution in [2.45, 2.75) is 18.8 Å². The first kappa shape index (κ1) is 19.5. The van der Waals surface area contributed by atoms with Crippen molar-refractivity contribution in [3.63, 3.8) is 0 Å². The first-order valence-corrected chi connectivity index (χ1v) is 6.76. The number of amides is 1. The molecule has 2 N–H and O–H groups in total. The topological polar surface area (TPSA) is 84.9 Å². The van der Waals surface area contributed by atoms with Gasteiger partial charge in [0, 0.05) is 0 Å². The number of carboxylic acids is 1. The number of nitrogens with one attached hydrogen (secondary N) is 1. The monoisotopic (exact) mass is 347 g/mol. The number of alkyl halides is 3. The predicted molar refractivity (Wildman–Crippen MR) is 77.4 cm³/mol. The van der Waals surface area contributed by atoms with Crippen LogP contribution in [0.3, 0.4) is 0 Å². The van der Waals surface area contributed by atoms with Crippen molar-refractivity contribution in [3.05, 3.63) is 42.5 Å². The zero-order chi connectivity index (χ0) is 18.2. The average molecular weight is 347 g/mol. The van der Waals surface area contributed by atoms with Gasteiger partial charge in [-0.15, -0.1) is 19.8 Å². The van der Waals surface area contributed by atoms with Gasteiger partial charge < -0.3 is 19.9 Å². The van der Waals surface area contributed by atoms with Crippen molar-refractivity contribution < 1.29 is 37.3 Å². The van der Waals surface area contributed by atoms with Crippen LogP contribution < -0.4 is 10.1 Å². The van der Waals surface area contributed by atoms with Crippen LogP contribution in [-0.4, -0.2) is 42.6 Å². The van der Waals surface area contributed by atoms with Crippen LogP contribution in [0.5, 0.6) is 5.75 Å². The molecule has 9 heteroatoms. The first-order valence-electron chi connectivity index (χ1n) is 6.76. The van der Waals surface area contributed by atoms with Gasteiger partial charge in [-0.05, 0) is 17.7 Å². The normalized spacial score (nSPS) is 12.3. The summed E-state index contributed by atoms with van der Waals surface area (Å²) in [6, 6.07) is 3.47. The highest BCUT2D eigenvalue weighted by atomic mass is 19.4. The summed E-state index contributed by atoms with van der Waals surface area (Å²) in [6.45, 7) is 3.32. The molecule has 0 spiro atoms. The van der Waals surface area contributed by atoms with Gasteiger partial charge in [-0.3, -0.25) is 4.79 Å². The molecule has 0 fully saturated rings. The van der Waals surface area contributed by atoms with E-state index in [4.69, 9.17) is 9.84 Å². The molecule has 0 heterocycles. The van der Waals surface area contributed by atoms with Crippen molar-refractivity contribution in [1.29, 1.82) is 0 Å². The minimum absolute atomic E-state index is 0.139. The van der Waals surface area contributed by atoms with E-state index in [1.54, 1.807) is 0 Å². The van der Waals surface area contributed by atoms with Gasteiger partial charge in [0.05, 0.1) is 19.6 Å². The van der Waals surface area contributed by atoms with Gasteiger partial charge in [0.1, 0.15) is 5.75 Å². The van der Waals surface area contributed by atoms with E-state index in [0.29, 0.717) is 5.56 Å². The van der Waals surface area contributed by atoms with E-state index in [2.05, 4.69) is 16.6 Å². The summed E-state index contributed by atoms with van der Waals surface area (Å²) in [5.41, 5.74) is 0.401. The summed E-state index contributed by atoms with van der Waals surface area (Å²) >= 11 is 0. The number of ether oxygens (including phenoxy) is 2. The van der Waals surface area contributed by atoms with E-state index in [1.165, 1.54) is 18.2 Å². The third-order valence-corrected chi connectivity index (χ3v) is 2.68. The standard InChI is InChI=1S/C15H16F3NO5/c1-2-7-23-9-12(14(21)22)19-13(20)8-10-3-5-11(6-4-10)24-15(16,17)18/h2-6,12H,1,7-9H2,(H,19,20)(H,21,22). The van der Waals surface area contributed by atoms with E-state index in [1.807, 2.05) is 0 Å². The van der Waals surface area contributed by atoms with Crippen molar-refractivity contribution >= 4 is 11.9 Å². The third kappa shape index (κ3) is 7.63. The lowest BCUT2D eigenvalue weighted by Gasteiger charge is -2.14. The average Bonchev–Trinajstić information content (AvgIpc) is 2.47. The number of carboxylic acid groups (broad SMARTS) is 1. The smallest absolute Gasteiger partial charge is 0.480 e. The van der Waals surface area contributed by atoms with Crippen molar-refractivity contribution in [2.24, 2.45) is 0 Å². The molecule has 0 saturated carbocycles. The van der Waals surface area contributed by atoms with E-state index >= 15 is 0 Å². The highest BCUT2D eigenvalue weighted by molar-refractivity contribution is 5.84. The minimum atomic E-state index is -4.79. The van der Waals surface area contributed by atoms with Crippen LogP contribution in [-0.2, 0) is 20.7 Å². The Bertz CT molecular complexity index is 571. The van der Waals surface area contributed by atoms with Gasteiger partial charge in [0.2, 0.25) is 5.91 Å². The molecule has 1 atom stereocenters. The second-order valence-electron chi connectivity index (χ2n) is 4.65. The quantitative estimate of drug-likeness (QED) is 0.526. The molecule has 1 amide bonds. The van der Waals surface area contributed by atoms with Crippen LogP contribution >= 0.6 is 0 Å². The van der Waals surface area contributed by atoms with Crippen molar-refractivity contribution in [2.75, 3.05) is 13.2 Å². The summed E-state index contributed by atoms with van der Waals surface area (Å²) in [5, 5.41) is 11.3. The van der Waals surface area contributed by atoms with Gasteiger partial charge in [-0.1, -0.05) is 18.2 Å². The zero-order valence-electron chi connectivity index (χ0n) is 12.5. The molecular formula is C15H16F3NO5. The fourth-order valence-corrected chi connectivity index (χ4v) is 1.68. The number of carbonyl (C=O) groups is 2. The summed E-state index contributed by atoms with van der Waals surface area (Å²) in [5.74, 6) is -2.27. The van der Waals surface area contributed by atoms with Crippen LogP contribution in [0.2, 0.25) is 0 Å². The number of aliphatic carboxylic acids is 1. The molecule has 0 aliphatic carbocycles. The summed E-state index contributed by atoms with van der Waals surface area (Å²) in [6.07, 6.45) is -3.55. The molecule has 1 unspecified atom stereocenters. The molecule has 24 heavy (non-hydrogen) atoms. The Hall–Kier alpha value is -2.55. The Balaban J connectivity index is 2.56. The van der Waals surface area contributed by atoms with Crippen molar-refractivity contribution in [1.82, 2.24) is 5.32 Å². The number of hydrogen-bond acceptors (Lipinski definition) is 4. The van der Waals surface area contributed by atoms with Crippen LogP contribution in [0.25, 0.3) is 0 Å². The van der Waals surface area contributed by atoms with Gasteiger partial charge >= 0.3 is 12.3 Å². The van der Waals surface area contributed by atoms with Crippen LogP contribution in [0, 0.1) is 0 Å². The third-order valence-electron chi connectivity index (χ3n) is 2.68. The molecular weight excluding hydrogens is 331 g/mol. The van der Waals surface area contributed by atoms with Crippen LogP contribution in [0.4, 0.5) is 13.2 Å². The fraction of sp³-hybridized carbons (Fsp3) is 0.333. The highest BCUT2D eigenvalue weighted by Crippen LogP contribution is 2.22. The minimum Gasteiger partial charge on any atom is -0.480 e. The zero-order valence-corrected chi connectivity index (χ0v) is 12.5. The SMILES string of the molecule is C=CCOCC(NC(=O)Cc1ccc(OC(F)(F)F)cc1)C(=O)O. The maximum atomic E-state index is 12.0. The van der Waals surface area contributed by atoms with E-state index in [9.17, 15) is 22.8 Å². The molecule has 6 nitrogen and oxygen atoms in total. The Labute approximate surface area is 135 Å². The van der Waals surface area contributed by atoms with Gasteiger partial charge in [0.25, 0.3) is 0 Å². The van der Waals surface area contributed by atoms with Crippen LogP contribution in [0.15, 0.2) is 36.9 Å². The van der Waals surface area contributed by atoms with E-state index in [-0.39, 0.29) is 19.6 Å². The lowest BCUT2D eigenvalue weighted by atomic mass is 10.1. The molecule has 1 rings (SSSR count). The van der Waals surface area contributed by atoms with E-state index in [0.717, 1.165) is 12.1 Å². The molecule has 0 bridgehead atoms. The maximum absolute atomic E-state index is 12.0. The lowest BCUT2D eigenvalue weighted by Crippen LogP contribution is -2.44. The lowest BCUT2D eigenvalue weighted by molar-refractivity contribution is -0.274. The number of halogens is 3. The molecule has 0 saturated heterocycles. The number of carbonyl (C=O) groups excluding carboxylic acids is 1. The number of hydrogen-bond donors (Lipinski definition) is 2. The fourth-order valence-electron chi connectivity index (χ4n) is 1.68. The first-order chi connectivity index (χ1) is 11.2. The molecule has 0 aliphatic heterocycles. The van der Waals surface area contributed by atoms with Crippen LogP contribution in [0.1, 0.15) is 5.56 Å². The highest BCUT2D eigenvalue weighted by Gasteiger charge is 2.31. The molecule has 1 aromatic carbocycles. The maximum Gasteiger partial charge on any atom is 0.573 e. The largest absolute Gasteiger partial charge is 0.573 e. The Morgan fingerprint density at radius 3 is 2.42 bits per heavy atom. The Morgan fingerprint density at radius 1 is 1.29 bits per heavy atom. The summed E-state index contributed by atoms with van der Waals surface area (Å²) in [7, 11) is 0. The summed E-state index contributed by atoms with van der Waals surface area (Å²) in [4.78, 5) is 22.8. The van der Waals surface area contributed by atoms with Gasteiger partial charge in [0.15, 0.2) is 6.04 Å². The molecule has 0 aliphatic rings. The molecule has 1 aromatic rings. The molecule has 0 radical (unpaired) electrons. The van der Waals surface area contributed by atoms with Crippen molar-refractivity contribution in [3.8, 4) is 5.75 Å². The summed E-state index contributed by atoms with van der Waals surface area (Å²) < 4.78 is 44.8. The predicted octanol–water partition coefficient (Wildman–Crippen LogP) is 1.90. The second-order valence-corrected chi connectivity index (χ2v) is 4.65. The number of benzene rings is 1. The van der Waals surface area contributed by atoms with E-state index < -0.39 is 30.0 Å². The number of rotatable bonds is 9. The second kappa shape index (κ2) is 8.92. The van der Waals surface area contributed by atoms with Gasteiger partial charge in [-0.25, -0.2) is 4.79 Å². The Morgan fingerprint density at radius 2 is 1.92 bits per heavy atom. The van der Waals surface area contributed by atoms with Gasteiger partial charge in [-0.2, -0.15) is 0 Å². The molecule has 0 aromatic heterocycles. The Kier molecular flexibility index (Phi) is 7.25.